The SMILES string of the molecule is CCN1C(=O)/C(=C\c2ccc(Oc3ncccc3[N+](=O)[O-])c(OC)c2)SC1=S. The molecule has 1 saturated heterocycles. The Balaban J connectivity index is 1.90. The Kier molecular flexibility index (Phi) is 5.90. The zero-order valence-corrected chi connectivity index (χ0v) is 16.6. The highest BCUT2D eigenvalue weighted by atomic mass is 32.2. The minimum Gasteiger partial charge on any atom is -0.493 e. The second kappa shape index (κ2) is 8.36. The van der Waals surface area contributed by atoms with E-state index in [0.717, 1.165) is 0 Å². The molecular formula is C18H15N3O5S2. The molecule has 2 aromatic rings. The summed E-state index contributed by atoms with van der Waals surface area (Å²) in [5, 5.41) is 11.1. The molecule has 28 heavy (non-hydrogen) atoms. The Morgan fingerprint density at radius 2 is 2.14 bits per heavy atom. The standard InChI is InChI=1S/C18H15N3O5S2/c1-3-20-17(22)15(28-18(20)27)10-11-6-7-13(14(9-11)25-2)26-16-12(21(23)24)5-4-8-19-16/h4-10H,3H2,1-2H3/b15-10+. The van der Waals surface area contributed by atoms with Crippen LogP contribution in [0.3, 0.4) is 0 Å². The predicted molar refractivity (Wildman–Crippen MR) is 110 cm³/mol. The summed E-state index contributed by atoms with van der Waals surface area (Å²) in [5.41, 5.74) is 0.452. The Bertz CT molecular complexity index is 993. The van der Waals surface area contributed by atoms with E-state index in [1.807, 2.05) is 6.92 Å². The third-order valence-electron chi connectivity index (χ3n) is 3.83. The quantitative estimate of drug-likeness (QED) is 0.301. The first-order valence-electron chi connectivity index (χ1n) is 8.15. The van der Waals surface area contributed by atoms with Crippen LogP contribution in [0.2, 0.25) is 0 Å². The molecule has 1 aromatic carbocycles. The van der Waals surface area contributed by atoms with Gasteiger partial charge in [-0.1, -0.05) is 30.0 Å². The summed E-state index contributed by atoms with van der Waals surface area (Å²) < 4.78 is 11.4. The van der Waals surface area contributed by atoms with E-state index >= 15 is 0 Å². The fourth-order valence-corrected chi connectivity index (χ4v) is 3.87. The minimum atomic E-state index is -0.571. The molecule has 0 atom stereocenters. The first-order valence-corrected chi connectivity index (χ1v) is 9.37. The predicted octanol–water partition coefficient (Wildman–Crippen LogP) is 4.01. The Morgan fingerprint density at radius 3 is 2.79 bits per heavy atom. The van der Waals surface area contributed by atoms with Crippen LogP contribution in [0.4, 0.5) is 5.69 Å². The molecular weight excluding hydrogens is 402 g/mol. The van der Waals surface area contributed by atoms with Gasteiger partial charge in [0.15, 0.2) is 11.5 Å². The normalized spacial score (nSPS) is 15.2. The Labute approximate surface area is 170 Å². The first kappa shape index (κ1) is 19.8. The van der Waals surface area contributed by atoms with Crippen molar-refractivity contribution in [3.8, 4) is 17.4 Å². The molecule has 1 aliphatic heterocycles. The average molecular weight is 417 g/mol. The number of hydrogen-bond donors (Lipinski definition) is 0. The highest BCUT2D eigenvalue weighted by Gasteiger charge is 2.30. The van der Waals surface area contributed by atoms with Crippen LogP contribution in [0.1, 0.15) is 12.5 Å². The van der Waals surface area contributed by atoms with Crippen molar-refractivity contribution < 1.29 is 19.2 Å². The molecule has 0 bridgehead atoms. The van der Waals surface area contributed by atoms with Gasteiger partial charge in [-0.2, -0.15) is 0 Å². The van der Waals surface area contributed by atoms with Gasteiger partial charge in [-0.05, 0) is 36.8 Å². The van der Waals surface area contributed by atoms with E-state index in [0.29, 0.717) is 27.1 Å². The molecule has 0 radical (unpaired) electrons. The molecule has 1 aliphatic rings. The third kappa shape index (κ3) is 3.97. The highest BCUT2D eigenvalue weighted by molar-refractivity contribution is 8.26. The van der Waals surface area contributed by atoms with E-state index in [1.54, 1.807) is 24.3 Å². The number of carbonyl (C=O) groups excluding carboxylic acids is 1. The van der Waals surface area contributed by atoms with Gasteiger partial charge in [0.05, 0.1) is 16.9 Å². The number of carbonyl (C=O) groups is 1. The summed E-state index contributed by atoms with van der Waals surface area (Å²) >= 11 is 6.44. The van der Waals surface area contributed by atoms with Crippen LogP contribution in [0.25, 0.3) is 6.08 Å². The number of methoxy groups -OCH3 is 1. The lowest BCUT2D eigenvalue weighted by molar-refractivity contribution is -0.386. The molecule has 0 N–H and O–H groups in total. The maximum atomic E-state index is 12.3. The number of nitrogens with zero attached hydrogens (tertiary/aromatic N) is 3. The molecule has 2 heterocycles. The summed E-state index contributed by atoms with van der Waals surface area (Å²) in [6.45, 7) is 2.38. The average Bonchev–Trinajstić information content (AvgIpc) is 2.95. The Hall–Kier alpha value is -2.98. The number of aromatic nitrogens is 1. The highest BCUT2D eigenvalue weighted by Crippen LogP contribution is 2.37. The molecule has 0 saturated carbocycles. The lowest BCUT2D eigenvalue weighted by Gasteiger charge is -2.11. The number of rotatable bonds is 6. The van der Waals surface area contributed by atoms with Crippen molar-refractivity contribution in [3.63, 3.8) is 0 Å². The molecule has 8 nitrogen and oxygen atoms in total. The largest absolute Gasteiger partial charge is 0.493 e. The minimum absolute atomic E-state index is 0.137. The molecule has 0 aliphatic carbocycles. The van der Waals surface area contributed by atoms with Crippen LogP contribution in [0.5, 0.6) is 17.4 Å². The number of benzene rings is 1. The van der Waals surface area contributed by atoms with Gasteiger partial charge in [-0.3, -0.25) is 19.8 Å². The van der Waals surface area contributed by atoms with E-state index < -0.39 is 4.92 Å². The van der Waals surface area contributed by atoms with E-state index in [2.05, 4.69) is 4.98 Å². The van der Waals surface area contributed by atoms with Gasteiger partial charge in [-0.15, -0.1) is 0 Å². The van der Waals surface area contributed by atoms with Gasteiger partial charge in [0, 0.05) is 18.8 Å². The topological polar surface area (TPSA) is 94.8 Å². The summed E-state index contributed by atoms with van der Waals surface area (Å²) in [4.78, 5) is 28.8. The summed E-state index contributed by atoms with van der Waals surface area (Å²) in [7, 11) is 1.45. The zero-order valence-electron chi connectivity index (χ0n) is 14.9. The van der Waals surface area contributed by atoms with E-state index in [9.17, 15) is 14.9 Å². The molecule has 0 spiro atoms. The molecule has 1 aromatic heterocycles. The van der Waals surface area contributed by atoms with Crippen molar-refractivity contribution >= 4 is 46.0 Å². The van der Waals surface area contributed by atoms with Crippen molar-refractivity contribution in [1.29, 1.82) is 0 Å². The summed E-state index contributed by atoms with van der Waals surface area (Å²) in [5.74, 6) is 0.338. The fraction of sp³-hybridized carbons (Fsp3) is 0.167. The van der Waals surface area contributed by atoms with Crippen LogP contribution in [-0.4, -0.2) is 38.7 Å². The van der Waals surface area contributed by atoms with Crippen LogP contribution >= 0.6 is 24.0 Å². The monoisotopic (exact) mass is 417 g/mol. The number of pyridine rings is 1. The van der Waals surface area contributed by atoms with E-state index in [4.69, 9.17) is 21.7 Å². The number of hydrogen-bond acceptors (Lipinski definition) is 8. The molecule has 3 rings (SSSR count). The smallest absolute Gasteiger partial charge is 0.331 e. The van der Waals surface area contributed by atoms with Gasteiger partial charge in [0.1, 0.15) is 4.32 Å². The number of likely N-dealkylation sites (N-methyl/N-ethyl adjacent to an activating group) is 1. The number of nitro groups is 1. The fourth-order valence-electron chi connectivity index (χ4n) is 2.49. The first-order chi connectivity index (χ1) is 13.4. The maximum Gasteiger partial charge on any atom is 0.331 e. The van der Waals surface area contributed by atoms with Crippen molar-refractivity contribution in [2.45, 2.75) is 6.92 Å². The maximum absolute atomic E-state index is 12.3. The van der Waals surface area contributed by atoms with Crippen LogP contribution < -0.4 is 9.47 Å². The molecule has 1 amide bonds. The van der Waals surface area contributed by atoms with Crippen LogP contribution in [0, 0.1) is 10.1 Å². The molecule has 0 unspecified atom stereocenters. The number of amides is 1. The summed E-state index contributed by atoms with van der Waals surface area (Å²) in [6.07, 6.45) is 3.11. The number of ether oxygens (including phenoxy) is 2. The number of thioether (sulfide) groups is 1. The van der Waals surface area contributed by atoms with Crippen molar-refractivity contribution in [2.24, 2.45) is 0 Å². The van der Waals surface area contributed by atoms with E-state index in [1.165, 1.54) is 42.1 Å². The molecule has 10 heteroatoms. The van der Waals surface area contributed by atoms with Gasteiger partial charge < -0.3 is 9.47 Å². The van der Waals surface area contributed by atoms with E-state index in [-0.39, 0.29) is 23.2 Å². The van der Waals surface area contributed by atoms with Gasteiger partial charge >= 0.3 is 5.69 Å². The lowest BCUT2D eigenvalue weighted by atomic mass is 10.2. The Morgan fingerprint density at radius 1 is 1.36 bits per heavy atom. The van der Waals surface area contributed by atoms with Crippen LogP contribution in [-0.2, 0) is 4.79 Å². The van der Waals surface area contributed by atoms with Gasteiger partial charge in [-0.25, -0.2) is 4.98 Å². The summed E-state index contributed by atoms with van der Waals surface area (Å²) in [6, 6.07) is 7.74. The van der Waals surface area contributed by atoms with Crippen molar-refractivity contribution in [3.05, 3.63) is 57.1 Å². The molecule has 1 fully saturated rings. The van der Waals surface area contributed by atoms with Gasteiger partial charge in [0.25, 0.3) is 11.8 Å². The third-order valence-corrected chi connectivity index (χ3v) is 5.21. The molecule has 144 valence electrons. The zero-order chi connectivity index (χ0) is 20.3. The van der Waals surface area contributed by atoms with Crippen molar-refractivity contribution in [1.82, 2.24) is 9.88 Å². The second-order valence-electron chi connectivity index (χ2n) is 5.52. The van der Waals surface area contributed by atoms with Crippen LogP contribution in [0.15, 0.2) is 41.4 Å². The number of thiocarbonyl (C=S) groups is 1. The van der Waals surface area contributed by atoms with Crippen molar-refractivity contribution in [2.75, 3.05) is 13.7 Å². The lowest BCUT2D eigenvalue weighted by Crippen LogP contribution is -2.27. The van der Waals surface area contributed by atoms with Gasteiger partial charge in [0.2, 0.25) is 0 Å². The second-order valence-corrected chi connectivity index (χ2v) is 7.20.